The lowest BCUT2D eigenvalue weighted by molar-refractivity contribution is 0.0527. The highest BCUT2D eigenvalue weighted by Crippen LogP contribution is 2.34. The van der Waals surface area contributed by atoms with Crippen molar-refractivity contribution in [1.82, 2.24) is 0 Å². The summed E-state index contributed by atoms with van der Waals surface area (Å²) in [5, 5.41) is 5.14. The molecule has 0 bridgehead atoms. The van der Waals surface area contributed by atoms with Crippen molar-refractivity contribution < 1.29 is 17.9 Å². The largest absolute Gasteiger partial charge is 0.462 e. The van der Waals surface area contributed by atoms with Gasteiger partial charge in [0.05, 0.1) is 12.2 Å². The van der Waals surface area contributed by atoms with Gasteiger partial charge in [0, 0.05) is 4.88 Å². The highest BCUT2D eigenvalue weighted by molar-refractivity contribution is 7.90. The van der Waals surface area contributed by atoms with E-state index in [1.165, 1.54) is 11.3 Å². The summed E-state index contributed by atoms with van der Waals surface area (Å²) >= 11 is 1.18. The minimum absolute atomic E-state index is 0.213. The van der Waals surface area contributed by atoms with Crippen molar-refractivity contribution in [3.05, 3.63) is 16.0 Å². The third kappa shape index (κ3) is 3.44. The molecule has 1 aromatic heterocycles. The molecule has 0 aliphatic heterocycles. The van der Waals surface area contributed by atoms with Crippen LogP contribution in [0.25, 0.3) is 0 Å². The summed E-state index contributed by atoms with van der Waals surface area (Å²) in [5.74, 6) is -0.537. The lowest BCUT2D eigenvalue weighted by Gasteiger charge is -2.06. The number of rotatable bonds is 5. The summed E-state index contributed by atoms with van der Waals surface area (Å²) in [7, 11) is -3.91. The first kappa shape index (κ1) is 14.9. The van der Waals surface area contributed by atoms with Crippen LogP contribution in [0.3, 0.4) is 0 Å². The van der Waals surface area contributed by atoms with E-state index in [0.717, 1.165) is 10.4 Å². The van der Waals surface area contributed by atoms with Crippen LogP contribution in [0.4, 0.5) is 5.00 Å². The molecule has 0 atom stereocenters. The molecule has 1 aromatic rings. The maximum atomic E-state index is 11.9. The first-order valence-corrected chi connectivity index (χ1v) is 7.76. The van der Waals surface area contributed by atoms with Gasteiger partial charge in [-0.25, -0.2) is 9.93 Å². The molecule has 0 aliphatic carbocycles. The van der Waals surface area contributed by atoms with Crippen LogP contribution in [-0.4, -0.2) is 21.0 Å². The Morgan fingerprint density at radius 2 is 2.06 bits per heavy atom. The van der Waals surface area contributed by atoms with Crippen LogP contribution >= 0.6 is 11.3 Å². The molecule has 0 aromatic carbocycles. The van der Waals surface area contributed by atoms with Gasteiger partial charge in [0.25, 0.3) is 10.2 Å². The summed E-state index contributed by atoms with van der Waals surface area (Å²) in [6.45, 7) is 5.63. The number of ether oxygens (including phenoxy) is 1. The summed E-state index contributed by atoms with van der Waals surface area (Å²) in [4.78, 5) is 12.7. The molecule has 8 heteroatoms. The monoisotopic (exact) mass is 292 g/mol. The predicted molar refractivity (Wildman–Crippen MR) is 71.1 cm³/mol. The molecule has 0 aliphatic rings. The number of thiophene rings is 1. The Morgan fingerprint density at radius 1 is 1.44 bits per heavy atom. The van der Waals surface area contributed by atoms with Crippen LogP contribution in [0, 0.1) is 6.92 Å². The zero-order chi connectivity index (χ0) is 13.9. The number of carbonyl (C=O) groups is 1. The summed E-state index contributed by atoms with van der Waals surface area (Å²) < 4.78 is 29.2. The molecule has 0 unspecified atom stereocenters. The van der Waals surface area contributed by atoms with Gasteiger partial charge in [0.1, 0.15) is 5.00 Å². The third-order valence-electron chi connectivity index (χ3n) is 2.28. The molecule has 0 fully saturated rings. The van der Waals surface area contributed by atoms with Crippen molar-refractivity contribution in [2.45, 2.75) is 27.2 Å². The highest BCUT2D eigenvalue weighted by atomic mass is 32.2. The van der Waals surface area contributed by atoms with E-state index < -0.39 is 16.2 Å². The SMILES string of the molecule is CCOC(=O)c1c(NS(N)(=O)=O)sc(C)c1CC. The molecule has 6 nitrogen and oxygen atoms in total. The molecule has 1 rings (SSSR count). The number of nitrogens with one attached hydrogen (secondary N) is 1. The van der Waals surface area contributed by atoms with Crippen LogP contribution in [-0.2, 0) is 21.4 Å². The number of nitrogens with two attached hydrogens (primary N) is 1. The normalized spacial score (nSPS) is 11.3. The molecule has 0 radical (unpaired) electrons. The van der Waals surface area contributed by atoms with Gasteiger partial charge in [0.15, 0.2) is 0 Å². The van der Waals surface area contributed by atoms with Crippen molar-refractivity contribution >= 4 is 32.5 Å². The summed E-state index contributed by atoms with van der Waals surface area (Å²) in [5.41, 5.74) is 1.04. The minimum Gasteiger partial charge on any atom is -0.462 e. The van der Waals surface area contributed by atoms with Crippen LogP contribution in [0.2, 0.25) is 0 Å². The lowest BCUT2D eigenvalue weighted by Crippen LogP contribution is -2.22. The number of esters is 1. The minimum atomic E-state index is -3.91. The fraction of sp³-hybridized carbons (Fsp3) is 0.500. The van der Waals surface area contributed by atoms with Crippen molar-refractivity contribution in [2.24, 2.45) is 5.14 Å². The van der Waals surface area contributed by atoms with Gasteiger partial charge in [0.2, 0.25) is 0 Å². The van der Waals surface area contributed by atoms with Gasteiger partial charge in [-0.05, 0) is 25.8 Å². The third-order valence-corrected chi connectivity index (χ3v) is 3.96. The smallest absolute Gasteiger partial charge is 0.341 e. The van der Waals surface area contributed by atoms with Gasteiger partial charge in [-0.15, -0.1) is 11.3 Å². The van der Waals surface area contributed by atoms with E-state index in [1.807, 2.05) is 13.8 Å². The van der Waals surface area contributed by atoms with Gasteiger partial charge >= 0.3 is 5.97 Å². The fourth-order valence-electron chi connectivity index (χ4n) is 1.62. The van der Waals surface area contributed by atoms with Gasteiger partial charge in [-0.1, -0.05) is 6.92 Å². The van der Waals surface area contributed by atoms with Crippen molar-refractivity contribution in [3.63, 3.8) is 0 Å². The van der Waals surface area contributed by atoms with E-state index in [1.54, 1.807) is 6.92 Å². The van der Waals surface area contributed by atoms with Crippen LogP contribution in [0.1, 0.15) is 34.6 Å². The van der Waals surface area contributed by atoms with Crippen molar-refractivity contribution in [3.8, 4) is 0 Å². The average molecular weight is 292 g/mol. The lowest BCUT2D eigenvalue weighted by atomic mass is 10.1. The van der Waals surface area contributed by atoms with E-state index in [9.17, 15) is 13.2 Å². The van der Waals surface area contributed by atoms with E-state index in [2.05, 4.69) is 4.72 Å². The molecule has 18 heavy (non-hydrogen) atoms. The van der Waals surface area contributed by atoms with Gasteiger partial charge in [-0.3, -0.25) is 4.72 Å². The molecule has 0 amide bonds. The fourth-order valence-corrected chi connectivity index (χ4v) is 3.48. The number of aryl methyl sites for hydroxylation is 1. The summed E-state index contributed by atoms with van der Waals surface area (Å²) in [6, 6.07) is 0. The van der Waals surface area contributed by atoms with Crippen LogP contribution in [0.5, 0.6) is 0 Å². The molecular formula is C10H16N2O4S2. The Labute approximate surface area is 110 Å². The molecule has 0 saturated heterocycles. The van der Waals surface area contributed by atoms with E-state index in [-0.39, 0.29) is 17.2 Å². The molecule has 102 valence electrons. The van der Waals surface area contributed by atoms with Crippen molar-refractivity contribution in [2.75, 3.05) is 11.3 Å². The van der Waals surface area contributed by atoms with Crippen molar-refractivity contribution in [1.29, 1.82) is 0 Å². The topological polar surface area (TPSA) is 98.5 Å². The molecule has 1 heterocycles. The second kappa shape index (κ2) is 5.68. The Bertz CT molecular complexity index is 548. The first-order chi connectivity index (χ1) is 8.30. The highest BCUT2D eigenvalue weighted by Gasteiger charge is 2.23. The number of anilines is 1. The second-order valence-electron chi connectivity index (χ2n) is 3.56. The Kier molecular flexibility index (Phi) is 4.71. The van der Waals surface area contributed by atoms with Crippen LogP contribution in [0.15, 0.2) is 0 Å². The zero-order valence-corrected chi connectivity index (χ0v) is 12.1. The zero-order valence-electron chi connectivity index (χ0n) is 10.4. The van der Waals surface area contributed by atoms with E-state index >= 15 is 0 Å². The van der Waals surface area contributed by atoms with E-state index in [0.29, 0.717) is 6.42 Å². The molecule has 3 N–H and O–H groups in total. The number of carbonyl (C=O) groups excluding carboxylic acids is 1. The Balaban J connectivity index is 3.29. The first-order valence-electron chi connectivity index (χ1n) is 5.40. The predicted octanol–water partition coefficient (Wildman–Crippen LogP) is 1.41. The summed E-state index contributed by atoms with van der Waals surface area (Å²) in [6.07, 6.45) is 0.614. The Morgan fingerprint density at radius 3 is 2.50 bits per heavy atom. The van der Waals surface area contributed by atoms with Gasteiger partial charge in [-0.2, -0.15) is 8.42 Å². The molecule has 0 saturated carbocycles. The standard InChI is InChI=1S/C10H16N2O4S2/c1-4-7-6(3)17-9(12-18(11,14)15)8(7)10(13)16-5-2/h12H,4-5H2,1-3H3,(H2,11,14,15). The molecular weight excluding hydrogens is 276 g/mol. The quantitative estimate of drug-likeness (QED) is 0.802. The number of hydrogen-bond donors (Lipinski definition) is 2. The maximum Gasteiger partial charge on any atom is 0.341 e. The van der Waals surface area contributed by atoms with E-state index in [4.69, 9.17) is 9.88 Å². The molecule has 0 spiro atoms. The maximum absolute atomic E-state index is 11.9. The van der Waals surface area contributed by atoms with Gasteiger partial charge < -0.3 is 4.74 Å². The average Bonchev–Trinajstić information content (AvgIpc) is 2.51. The number of hydrogen-bond acceptors (Lipinski definition) is 5. The van der Waals surface area contributed by atoms with Crippen LogP contribution < -0.4 is 9.86 Å². The second-order valence-corrected chi connectivity index (χ2v) is 6.08. The Hall–Kier alpha value is -1.12.